The number of benzene rings is 4. The van der Waals surface area contributed by atoms with Crippen molar-refractivity contribution in [2.45, 2.75) is 93.7 Å². The maximum atomic E-state index is 16.6. The molecule has 0 spiro atoms. The fraction of sp³-hybridized carbons (Fsp3) is 0.385. The average molecular weight is 688 g/mol. The fourth-order valence-corrected chi connectivity index (χ4v) is 7.91. The molecule has 1 aliphatic carbocycles. The van der Waals surface area contributed by atoms with E-state index in [-0.39, 0.29) is 29.8 Å². The van der Waals surface area contributed by atoms with Gasteiger partial charge in [0.15, 0.2) is 12.1 Å². The SMILES string of the molecule is NC1CC2CCC(C1)N2C(=O)C(NC(=O)C(O)c1ccc2cc(OC3CCCC3)ccc2c1)C(F)(F)c1ccc(-c2ccc(Cl)cc2)cc1. The molecule has 2 saturated heterocycles. The first-order valence-electron chi connectivity index (χ1n) is 17.1. The summed E-state index contributed by atoms with van der Waals surface area (Å²) in [5.74, 6) is -5.01. The van der Waals surface area contributed by atoms with Crippen LogP contribution in [0.25, 0.3) is 21.9 Å². The molecular formula is C39H40ClF2N3O4. The first-order valence-corrected chi connectivity index (χ1v) is 17.5. The molecule has 2 amide bonds. The number of hydrogen-bond acceptors (Lipinski definition) is 5. The lowest BCUT2D eigenvalue weighted by Gasteiger charge is -2.41. The van der Waals surface area contributed by atoms with Gasteiger partial charge in [0, 0.05) is 28.7 Å². The zero-order chi connectivity index (χ0) is 34.3. The van der Waals surface area contributed by atoms with Gasteiger partial charge >= 0.3 is 5.92 Å². The molecule has 3 aliphatic rings. The van der Waals surface area contributed by atoms with Crippen LogP contribution in [0.3, 0.4) is 0 Å². The van der Waals surface area contributed by atoms with E-state index in [0.717, 1.165) is 47.8 Å². The van der Waals surface area contributed by atoms with Gasteiger partial charge in [0.05, 0.1) is 6.10 Å². The third kappa shape index (κ3) is 6.89. The van der Waals surface area contributed by atoms with Crippen molar-refractivity contribution < 1.29 is 28.2 Å². The summed E-state index contributed by atoms with van der Waals surface area (Å²) in [6, 6.07) is 20.3. The number of nitrogens with two attached hydrogens (primary N) is 1. The van der Waals surface area contributed by atoms with Gasteiger partial charge < -0.3 is 25.8 Å². The lowest BCUT2D eigenvalue weighted by atomic mass is 9.93. The van der Waals surface area contributed by atoms with E-state index < -0.39 is 35.4 Å². The number of rotatable bonds is 9. The van der Waals surface area contributed by atoms with Gasteiger partial charge in [-0.2, -0.15) is 8.78 Å². The molecule has 2 heterocycles. The molecule has 1 saturated carbocycles. The highest BCUT2D eigenvalue weighted by Gasteiger charge is 2.53. The monoisotopic (exact) mass is 687 g/mol. The number of hydrogen-bond donors (Lipinski definition) is 3. The second kappa shape index (κ2) is 13.7. The van der Waals surface area contributed by atoms with Crippen LogP contribution in [-0.4, -0.2) is 52.1 Å². The summed E-state index contributed by atoms with van der Waals surface area (Å²) >= 11 is 6.01. The smallest absolute Gasteiger partial charge is 0.302 e. The van der Waals surface area contributed by atoms with Gasteiger partial charge in [-0.05, 0) is 109 Å². The Balaban J connectivity index is 1.14. The summed E-state index contributed by atoms with van der Waals surface area (Å²) in [5, 5.41) is 15.6. The number of halogens is 3. The summed E-state index contributed by atoms with van der Waals surface area (Å²) in [5.41, 5.74) is 7.48. The molecule has 4 atom stereocenters. The number of nitrogens with zero attached hydrogens (tertiary/aromatic N) is 1. The molecule has 2 aliphatic heterocycles. The lowest BCUT2D eigenvalue weighted by molar-refractivity contribution is -0.155. The van der Waals surface area contributed by atoms with Gasteiger partial charge in [-0.15, -0.1) is 0 Å². The molecule has 4 aromatic rings. The standard InChI is InChI=1S/C39H40ClF2N3O4/c40-29-14-9-24(10-15-29)23-7-12-28(13-8-23)39(41,42)36(38(48)45-31-16-17-32(45)22-30(43)21-31)44-37(47)35(46)27-6-5-26-20-34(18-11-25(26)19-27)49-33-3-1-2-4-33/h5-15,18-20,30-33,35-36,46H,1-4,16-17,21-22,43H2,(H,44,47). The zero-order valence-electron chi connectivity index (χ0n) is 27.0. The molecule has 0 radical (unpaired) electrons. The van der Waals surface area contributed by atoms with E-state index in [2.05, 4.69) is 5.32 Å². The Hall–Kier alpha value is -4.05. The van der Waals surface area contributed by atoms with Crippen LogP contribution in [0.15, 0.2) is 84.9 Å². The number of aliphatic hydroxyl groups is 1. The van der Waals surface area contributed by atoms with Gasteiger partial charge in [-0.25, -0.2) is 0 Å². The summed E-state index contributed by atoms with van der Waals surface area (Å²) in [4.78, 5) is 29.2. The third-order valence-electron chi connectivity index (χ3n) is 10.4. The van der Waals surface area contributed by atoms with Crippen molar-refractivity contribution in [2.75, 3.05) is 0 Å². The van der Waals surface area contributed by atoms with Crippen molar-refractivity contribution in [2.24, 2.45) is 5.73 Å². The van der Waals surface area contributed by atoms with E-state index in [4.69, 9.17) is 22.1 Å². The summed E-state index contributed by atoms with van der Waals surface area (Å²) in [6.07, 6.45) is 5.14. The van der Waals surface area contributed by atoms with E-state index in [1.807, 2.05) is 18.2 Å². The van der Waals surface area contributed by atoms with Crippen LogP contribution in [0.5, 0.6) is 5.75 Å². The number of nitrogens with one attached hydrogen (secondary N) is 1. The van der Waals surface area contributed by atoms with Crippen molar-refractivity contribution >= 4 is 34.2 Å². The molecule has 256 valence electrons. The van der Waals surface area contributed by atoms with Crippen molar-refractivity contribution in [1.82, 2.24) is 10.2 Å². The number of aliphatic hydroxyl groups excluding tert-OH is 1. The van der Waals surface area contributed by atoms with Crippen LogP contribution in [-0.2, 0) is 15.5 Å². The summed E-state index contributed by atoms with van der Waals surface area (Å²) in [6.45, 7) is 0. The highest BCUT2D eigenvalue weighted by molar-refractivity contribution is 6.30. The highest BCUT2D eigenvalue weighted by atomic mass is 35.5. The highest BCUT2D eigenvalue weighted by Crippen LogP contribution is 2.40. The van der Waals surface area contributed by atoms with Crippen LogP contribution >= 0.6 is 11.6 Å². The Morgan fingerprint density at radius 3 is 2.10 bits per heavy atom. The Bertz CT molecular complexity index is 1820. The van der Waals surface area contributed by atoms with Crippen molar-refractivity contribution in [1.29, 1.82) is 0 Å². The van der Waals surface area contributed by atoms with Crippen LogP contribution in [0, 0.1) is 0 Å². The van der Waals surface area contributed by atoms with Crippen LogP contribution in [0.2, 0.25) is 5.02 Å². The molecule has 7 nitrogen and oxygen atoms in total. The lowest BCUT2D eigenvalue weighted by Crippen LogP contribution is -2.61. The fourth-order valence-electron chi connectivity index (χ4n) is 7.79. The summed E-state index contributed by atoms with van der Waals surface area (Å²) < 4.78 is 39.3. The number of ether oxygens (including phenoxy) is 1. The number of carbonyl (C=O) groups is 2. The molecule has 0 aromatic heterocycles. The van der Waals surface area contributed by atoms with Gasteiger partial charge in [0.25, 0.3) is 11.8 Å². The molecule has 2 bridgehead atoms. The number of alkyl halides is 2. The van der Waals surface area contributed by atoms with Crippen molar-refractivity contribution in [3.8, 4) is 16.9 Å². The van der Waals surface area contributed by atoms with Gasteiger partial charge in [-0.1, -0.05) is 66.2 Å². The predicted molar refractivity (Wildman–Crippen MR) is 185 cm³/mol. The van der Waals surface area contributed by atoms with E-state index in [0.29, 0.717) is 36.3 Å². The van der Waals surface area contributed by atoms with Crippen LogP contribution in [0.1, 0.15) is 68.6 Å². The van der Waals surface area contributed by atoms with Crippen molar-refractivity contribution in [3.63, 3.8) is 0 Å². The number of piperidine rings is 1. The second-order valence-electron chi connectivity index (χ2n) is 13.7. The largest absolute Gasteiger partial charge is 0.490 e. The Morgan fingerprint density at radius 2 is 1.45 bits per heavy atom. The summed E-state index contributed by atoms with van der Waals surface area (Å²) in [7, 11) is 0. The van der Waals surface area contributed by atoms with E-state index >= 15 is 8.78 Å². The van der Waals surface area contributed by atoms with E-state index in [1.54, 1.807) is 54.6 Å². The first kappa shape index (κ1) is 33.4. The minimum Gasteiger partial charge on any atom is -0.490 e. The quantitative estimate of drug-likeness (QED) is 0.172. The number of amides is 2. The average Bonchev–Trinajstić information content (AvgIpc) is 3.71. The Morgan fingerprint density at radius 1 is 0.857 bits per heavy atom. The van der Waals surface area contributed by atoms with Crippen LogP contribution < -0.4 is 15.8 Å². The maximum Gasteiger partial charge on any atom is 0.302 e. The topological polar surface area (TPSA) is 105 Å². The first-order chi connectivity index (χ1) is 23.6. The molecule has 7 rings (SSSR count). The van der Waals surface area contributed by atoms with Crippen LogP contribution in [0.4, 0.5) is 8.78 Å². The third-order valence-corrected chi connectivity index (χ3v) is 10.6. The van der Waals surface area contributed by atoms with Crippen molar-refractivity contribution in [3.05, 3.63) is 101 Å². The molecule has 4 N–H and O–H groups in total. The Kier molecular flexibility index (Phi) is 9.35. The number of fused-ring (bicyclic) bond motifs is 3. The molecule has 4 unspecified atom stereocenters. The van der Waals surface area contributed by atoms with E-state index in [1.165, 1.54) is 17.0 Å². The maximum absolute atomic E-state index is 16.6. The Labute approximate surface area is 289 Å². The zero-order valence-corrected chi connectivity index (χ0v) is 27.8. The molecular weight excluding hydrogens is 648 g/mol. The molecule has 4 aromatic carbocycles. The minimum atomic E-state index is -3.80. The predicted octanol–water partition coefficient (Wildman–Crippen LogP) is 7.27. The minimum absolute atomic E-state index is 0.115. The van der Waals surface area contributed by atoms with E-state index in [9.17, 15) is 14.7 Å². The normalized spacial score (nSPS) is 22.2. The molecule has 10 heteroatoms. The number of carbonyl (C=O) groups excluding carboxylic acids is 2. The second-order valence-corrected chi connectivity index (χ2v) is 14.1. The molecule has 3 fully saturated rings. The van der Waals surface area contributed by atoms with Gasteiger partial charge in [0.2, 0.25) is 0 Å². The van der Waals surface area contributed by atoms with Gasteiger partial charge in [-0.3, -0.25) is 9.59 Å². The molecule has 49 heavy (non-hydrogen) atoms. The van der Waals surface area contributed by atoms with Gasteiger partial charge in [0.1, 0.15) is 5.75 Å².